The van der Waals surface area contributed by atoms with Crippen molar-refractivity contribution in [3.8, 4) is 17.6 Å². The van der Waals surface area contributed by atoms with Gasteiger partial charge in [0.05, 0.1) is 22.9 Å². The van der Waals surface area contributed by atoms with Crippen LogP contribution >= 0.6 is 0 Å². The molecular formula is C23H17N5O. The standard InChI is InChI=1S/C23H17N5O/c1-14-20-21(17-7-4-10-26-13-17)19(12-24)22(25)29-23(20)28(27-14)18-9-8-15-5-2-3-6-16(15)11-18/h2-11,13,21H,25H2,1H3. The zero-order valence-electron chi connectivity index (χ0n) is 15.7. The molecule has 0 fully saturated rings. The summed E-state index contributed by atoms with van der Waals surface area (Å²) in [7, 11) is 0. The van der Waals surface area contributed by atoms with Gasteiger partial charge in [0.25, 0.3) is 0 Å². The van der Waals surface area contributed by atoms with Crippen LogP contribution in [0.15, 0.2) is 78.4 Å². The number of hydrogen-bond acceptors (Lipinski definition) is 5. The van der Waals surface area contributed by atoms with Crippen LogP contribution in [0, 0.1) is 18.3 Å². The Hall–Kier alpha value is -4.11. The summed E-state index contributed by atoms with van der Waals surface area (Å²) in [5.41, 5.74) is 9.87. The number of allylic oxidation sites excluding steroid dienone is 1. The predicted octanol–water partition coefficient (Wildman–Crippen LogP) is 3.95. The topological polar surface area (TPSA) is 89.8 Å². The lowest BCUT2D eigenvalue weighted by molar-refractivity contribution is 0.367. The number of hydrogen-bond donors (Lipinski definition) is 1. The van der Waals surface area contributed by atoms with E-state index in [9.17, 15) is 5.26 Å². The van der Waals surface area contributed by atoms with Crippen molar-refractivity contribution in [3.63, 3.8) is 0 Å². The van der Waals surface area contributed by atoms with E-state index in [1.165, 1.54) is 0 Å². The monoisotopic (exact) mass is 379 g/mol. The van der Waals surface area contributed by atoms with E-state index in [-0.39, 0.29) is 11.8 Å². The molecule has 29 heavy (non-hydrogen) atoms. The maximum Gasteiger partial charge on any atom is 0.229 e. The fourth-order valence-electron chi connectivity index (χ4n) is 3.88. The van der Waals surface area contributed by atoms with Gasteiger partial charge in [0.2, 0.25) is 11.8 Å². The lowest BCUT2D eigenvalue weighted by Gasteiger charge is -2.24. The van der Waals surface area contributed by atoms with Crippen LogP contribution in [0.3, 0.4) is 0 Å². The third-order valence-electron chi connectivity index (χ3n) is 5.23. The maximum absolute atomic E-state index is 9.74. The molecule has 0 radical (unpaired) electrons. The van der Waals surface area contributed by atoms with E-state index in [1.54, 1.807) is 17.1 Å². The number of benzene rings is 2. The van der Waals surface area contributed by atoms with E-state index >= 15 is 0 Å². The summed E-state index contributed by atoms with van der Waals surface area (Å²) < 4.78 is 7.67. The van der Waals surface area contributed by atoms with Gasteiger partial charge in [0, 0.05) is 12.4 Å². The number of nitrogens with zero attached hydrogens (tertiary/aromatic N) is 4. The van der Waals surface area contributed by atoms with Crippen LogP contribution in [0.5, 0.6) is 5.88 Å². The summed E-state index contributed by atoms with van der Waals surface area (Å²) >= 11 is 0. The van der Waals surface area contributed by atoms with Crippen LogP contribution in [0.4, 0.5) is 0 Å². The highest BCUT2D eigenvalue weighted by Crippen LogP contribution is 2.44. The number of ether oxygens (including phenoxy) is 1. The lowest BCUT2D eigenvalue weighted by Crippen LogP contribution is -2.22. The van der Waals surface area contributed by atoms with Gasteiger partial charge in [0.15, 0.2) is 0 Å². The molecule has 1 aliphatic rings. The Kier molecular flexibility index (Phi) is 3.81. The summed E-state index contributed by atoms with van der Waals surface area (Å²) in [6.07, 6.45) is 3.45. The molecule has 0 saturated carbocycles. The van der Waals surface area contributed by atoms with Crippen LogP contribution < -0.4 is 10.5 Å². The van der Waals surface area contributed by atoms with Crippen molar-refractivity contribution in [1.82, 2.24) is 14.8 Å². The molecule has 6 heteroatoms. The van der Waals surface area contributed by atoms with Crippen molar-refractivity contribution < 1.29 is 4.74 Å². The van der Waals surface area contributed by atoms with Crippen molar-refractivity contribution in [1.29, 1.82) is 5.26 Å². The second-order valence-corrected chi connectivity index (χ2v) is 6.96. The molecule has 0 amide bonds. The van der Waals surface area contributed by atoms with Crippen LogP contribution in [0.2, 0.25) is 0 Å². The summed E-state index contributed by atoms with van der Waals surface area (Å²) in [4.78, 5) is 4.21. The molecule has 1 aliphatic heterocycles. The fourth-order valence-corrected chi connectivity index (χ4v) is 3.88. The zero-order chi connectivity index (χ0) is 20.0. The second kappa shape index (κ2) is 6.50. The Labute approximate surface area is 167 Å². The van der Waals surface area contributed by atoms with Crippen LogP contribution in [0.25, 0.3) is 16.5 Å². The Balaban J connectivity index is 1.73. The highest BCUT2D eigenvalue weighted by molar-refractivity contribution is 5.84. The molecule has 5 rings (SSSR count). The SMILES string of the molecule is Cc1nn(-c2ccc3ccccc3c2)c2c1C(c1cccnc1)C(C#N)=C(N)O2. The first-order chi connectivity index (χ1) is 14.2. The largest absolute Gasteiger partial charge is 0.422 e. The minimum Gasteiger partial charge on any atom is -0.422 e. The molecule has 0 saturated heterocycles. The molecule has 0 bridgehead atoms. The van der Waals surface area contributed by atoms with Gasteiger partial charge < -0.3 is 10.5 Å². The van der Waals surface area contributed by atoms with E-state index in [0.717, 1.165) is 33.3 Å². The van der Waals surface area contributed by atoms with Gasteiger partial charge in [0.1, 0.15) is 11.6 Å². The number of nitrogens with two attached hydrogens (primary N) is 1. The summed E-state index contributed by atoms with van der Waals surface area (Å²) in [6.45, 7) is 1.92. The molecule has 6 nitrogen and oxygen atoms in total. The molecule has 1 atom stereocenters. The Morgan fingerprint density at radius 2 is 1.93 bits per heavy atom. The van der Waals surface area contributed by atoms with Crippen LogP contribution in [-0.4, -0.2) is 14.8 Å². The highest BCUT2D eigenvalue weighted by atomic mass is 16.5. The normalized spacial score (nSPS) is 15.7. The average molecular weight is 379 g/mol. The molecule has 2 aromatic heterocycles. The quantitative estimate of drug-likeness (QED) is 0.570. The first-order valence-corrected chi connectivity index (χ1v) is 9.23. The van der Waals surface area contributed by atoms with E-state index in [2.05, 4.69) is 35.3 Å². The first-order valence-electron chi connectivity index (χ1n) is 9.23. The molecule has 140 valence electrons. The average Bonchev–Trinajstić information content (AvgIpc) is 3.08. The fraction of sp³-hybridized carbons (Fsp3) is 0.0870. The van der Waals surface area contributed by atoms with Gasteiger partial charge in [-0.1, -0.05) is 36.4 Å². The first kappa shape index (κ1) is 17.0. The van der Waals surface area contributed by atoms with Gasteiger partial charge in [-0.05, 0) is 41.5 Å². The summed E-state index contributed by atoms with van der Waals surface area (Å²) in [6, 6.07) is 20.2. The van der Waals surface area contributed by atoms with Gasteiger partial charge in [-0.25, -0.2) is 4.68 Å². The van der Waals surface area contributed by atoms with E-state index in [0.29, 0.717) is 11.5 Å². The predicted molar refractivity (Wildman–Crippen MR) is 109 cm³/mol. The molecule has 2 aromatic carbocycles. The molecule has 0 spiro atoms. The van der Waals surface area contributed by atoms with Gasteiger partial charge >= 0.3 is 0 Å². The van der Waals surface area contributed by atoms with E-state index in [1.807, 2.05) is 37.3 Å². The number of nitriles is 1. The molecule has 3 heterocycles. The molecule has 2 N–H and O–H groups in total. The molecule has 4 aromatic rings. The van der Waals surface area contributed by atoms with Crippen molar-refractivity contribution in [2.45, 2.75) is 12.8 Å². The van der Waals surface area contributed by atoms with Gasteiger partial charge in [-0.3, -0.25) is 4.98 Å². The zero-order valence-corrected chi connectivity index (χ0v) is 15.7. The third kappa shape index (κ3) is 2.64. The minimum absolute atomic E-state index is 0.0933. The van der Waals surface area contributed by atoms with Crippen molar-refractivity contribution in [2.24, 2.45) is 5.73 Å². The van der Waals surface area contributed by atoms with E-state index < -0.39 is 0 Å². The van der Waals surface area contributed by atoms with E-state index in [4.69, 9.17) is 15.6 Å². The van der Waals surface area contributed by atoms with Crippen LogP contribution in [0.1, 0.15) is 22.7 Å². The Bertz CT molecular complexity index is 1310. The Morgan fingerprint density at radius 1 is 1.10 bits per heavy atom. The third-order valence-corrected chi connectivity index (χ3v) is 5.23. The van der Waals surface area contributed by atoms with Crippen molar-refractivity contribution >= 4 is 10.8 Å². The smallest absolute Gasteiger partial charge is 0.229 e. The second-order valence-electron chi connectivity index (χ2n) is 6.96. The number of aromatic nitrogens is 3. The highest BCUT2D eigenvalue weighted by Gasteiger charge is 2.36. The lowest BCUT2D eigenvalue weighted by atomic mass is 9.85. The maximum atomic E-state index is 9.74. The van der Waals surface area contributed by atoms with Crippen LogP contribution in [-0.2, 0) is 0 Å². The molecule has 0 aliphatic carbocycles. The number of aryl methyl sites for hydroxylation is 1. The summed E-state index contributed by atoms with van der Waals surface area (Å²) in [5.74, 6) is 0.255. The Morgan fingerprint density at radius 3 is 2.69 bits per heavy atom. The van der Waals surface area contributed by atoms with Gasteiger partial charge in [-0.15, -0.1) is 0 Å². The van der Waals surface area contributed by atoms with Gasteiger partial charge in [-0.2, -0.15) is 10.4 Å². The number of fused-ring (bicyclic) bond motifs is 2. The molecule has 1 unspecified atom stereocenters. The minimum atomic E-state index is -0.369. The number of pyridine rings is 1. The summed E-state index contributed by atoms with van der Waals surface area (Å²) in [5, 5.41) is 16.7. The molecular weight excluding hydrogens is 362 g/mol. The van der Waals surface area contributed by atoms with Crippen molar-refractivity contribution in [3.05, 3.63) is 95.3 Å². The van der Waals surface area contributed by atoms with Crippen molar-refractivity contribution in [2.75, 3.05) is 0 Å². The number of rotatable bonds is 2.